The lowest BCUT2D eigenvalue weighted by Crippen LogP contribution is -2.55. The van der Waals surface area contributed by atoms with Crippen LogP contribution in [0.4, 0.5) is 65.9 Å². The average Bonchev–Trinajstić information content (AvgIpc) is 2.33. The van der Waals surface area contributed by atoms with Crippen LogP contribution in [0.5, 0.6) is 0 Å². The number of hydrogen-bond acceptors (Lipinski definition) is 1. The number of halogens is 15. The molecule has 0 N–H and O–H groups in total. The summed E-state index contributed by atoms with van der Waals surface area (Å²) in [4.78, 5) is 0. The van der Waals surface area contributed by atoms with Gasteiger partial charge in [0, 0.05) is 0 Å². The van der Waals surface area contributed by atoms with Crippen molar-refractivity contribution in [3.8, 4) is 0 Å². The summed E-state index contributed by atoms with van der Waals surface area (Å²) < 4.78 is 185. The van der Waals surface area contributed by atoms with E-state index >= 15 is 0 Å². The summed E-state index contributed by atoms with van der Waals surface area (Å²) >= 11 is 0. The molecule has 0 atom stereocenters. The van der Waals surface area contributed by atoms with E-state index in [0.717, 1.165) is 0 Å². The smallest absolute Gasteiger partial charge is 0.328 e. The molecule has 0 spiro atoms. The second kappa shape index (κ2) is 6.42. The molecule has 1 nitrogen and oxygen atoms in total. The van der Waals surface area contributed by atoms with Crippen LogP contribution in [0.25, 0.3) is 0 Å². The zero-order chi connectivity index (χ0) is 20.7. The van der Waals surface area contributed by atoms with E-state index in [-0.39, 0.29) is 0 Å². The molecule has 0 rings (SSSR count). The summed E-state index contributed by atoms with van der Waals surface area (Å²) in [6.45, 7) is -2.70. The van der Waals surface area contributed by atoms with Gasteiger partial charge in [-0.3, -0.25) is 0 Å². The van der Waals surface area contributed by atoms with Gasteiger partial charge in [-0.05, 0) is 6.08 Å². The van der Waals surface area contributed by atoms with Crippen LogP contribution in [0.2, 0.25) is 0 Å². The lowest BCUT2D eigenvalue weighted by Gasteiger charge is -2.29. The lowest BCUT2D eigenvalue weighted by molar-refractivity contribution is -0.427. The zero-order valence-corrected chi connectivity index (χ0v) is 10.9. The van der Waals surface area contributed by atoms with Gasteiger partial charge in [-0.25, -0.2) is 4.39 Å². The molecule has 0 radical (unpaired) electrons. The van der Waals surface area contributed by atoms with E-state index in [1.54, 1.807) is 0 Å². The Hall–Kier alpha value is -1.35. The highest BCUT2D eigenvalue weighted by Gasteiger charge is 2.76. The number of hydrogen-bond donors (Lipinski definition) is 0. The van der Waals surface area contributed by atoms with Crippen LogP contribution in [0.3, 0.4) is 0 Å². The molecule has 0 fully saturated rings. The third kappa shape index (κ3) is 4.25. The molecule has 0 aliphatic rings. The van der Waals surface area contributed by atoms with Gasteiger partial charge in [0.1, 0.15) is 0 Å². The Morgan fingerprint density at radius 1 is 0.640 bits per heavy atom. The van der Waals surface area contributed by atoms with Gasteiger partial charge in [0.05, 0.1) is 6.61 Å². The van der Waals surface area contributed by atoms with Gasteiger partial charge in [-0.15, -0.1) is 0 Å². The first-order valence-electron chi connectivity index (χ1n) is 5.27. The van der Waals surface area contributed by atoms with E-state index in [1.807, 2.05) is 0 Å². The van der Waals surface area contributed by atoms with E-state index in [4.69, 9.17) is 0 Å². The van der Waals surface area contributed by atoms with Crippen LogP contribution in [0, 0.1) is 0 Å². The van der Waals surface area contributed by atoms with Crippen LogP contribution in [0.15, 0.2) is 11.9 Å². The van der Waals surface area contributed by atoms with Crippen LogP contribution in [-0.2, 0) is 4.74 Å². The number of rotatable bonds is 5. The number of ether oxygens (including phenoxy) is 1. The molecule has 0 aliphatic carbocycles. The van der Waals surface area contributed by atoms with Gasteiger partial charge in [0.15, 0.2) is 5.83 Å². The number of allylic oxidation sites excluding steroid dienone is 1. The van der Waals surface area contributed by atoms with Crippen LogP contribution < -0.4 is 0 Å². The Kier molecular flexibility index (Phi) is 6.08. The molecule has 0 aromatic rings. The van der Waals surface area contributed by atoms with Crippen molar-refractivity contribution < 1.29 is 70.6 Å². The maximum absolute atomic E-state index is 12.8. The first-order valence-corrected chi connectivity index (χ1v) is 5.27. The van der Waals surface area contributed by atoms with Crippen molar-refractivity contribution >= 4 is 0 Å². The van der Waals surface area contributed by atoms with Gasteiger partial charge >= 0.3 is 36.2 Å². The van der Waals surface area contributed by atoms with Crippen molar-refractivity contribution in [2.75, 3.05) is 6.61 Å². The van der Waals surface area contributed by atoms with Gasteiger partial charge in [0.25, 0.3) is 0 Å². The molecule has 0 bridgehead atoms. The van der Waals surface area contributed by atoms with Crippen molar-refractivity contribution in [1.82, 2.24) is 0 Å². The number of alkyl halides is 14. The monoisotopic (exact) mass is 412 g/mol. The van der Waals surface area contributed by atoms with E-state index in [2.05, 4.69) is 4.74 Å². The molecule has 0 saturated heterocycles. The fourth-order valence-corrected chi connectivity index (χ4v) is 1.01. The van der Waals surface area contributed by atoms with Crippen molar-refractivity contribution in [2.24, 2.45) is 0 Å². The summed E-state index contributed by atoms with van der Waals surface area (Å²) in [7, 11) is 0. The molecule has 0 heterocycles. The molecule has 0 saturated carbocycles. The Morgan fingerprint density at radius 2 is 1.00 bits per heavy atom. The summed E-state index contributed by atoms with van der Waals surface area (Å²) in [5.41, 5.74) is 0. The van der Waals surface area contributed by atoms with E-state index in [9.17, 15) is 65.9 Å². The largest absolute Gasteiger partial charge is 0.460 e. The predicted molar refractivity (Wildman–Crippen MR) is 47.0 cm³/mol. The third-order valence-corrected chi connectivity index (χ3v) is 2.32. The molecular weight excluding hydrogens is 409 g/mol. The molecular formula is C9H3F15O. The summed E-state index contributed by atoms with van der Waals surface area (Å²) in [5.74, 6) is -24.1. The second-order valence-electron chi connectivity index (χ2n) is 4.10. The van der Waals surface area contributed by atoms with Crippen LogP contribution in [0.1, 0.15) is 0 Å². The highest BCUT2D eigenvalue weighted by atomic mass is 19.4. The van der Waals surface area contributed by atoms with Gasteiger partial charge in [-0.1, -0.05) is 0 Å². The minimum Gasteiger partial charge on any atom is -0.328 e. The summed E-state index contributed by atoms with van der Waals surface area (Å²) in [6.07, 6.45) is -22.1. The molecule has 0 unspecified atom stereocenters. The maximum atomic E-state index is 12.8. The van der Waals surface area contributed by atoms with Gasteiger partial charge in [-0.2, -0.15) is 61.5 Å². The fraction of sp³-hybridized carbons (Fsp3) is 0.778. The van der Waals surface area contributed by atoms with Crippen molar-refractivity contribution in [3.05, 3.63) is 11.9 Å². The minimum atomic E-state index is -7.07. The SMILES string of the molecule is F/C(=C\COC(F)(C(F)(F)F)C(F)(F)F)C(F)(F)C(F)(F)C(F)(F)F. The maximum Gasteiger partial charge on any atom is 0.460 e. The van der Waals surface area contributed by atoms with Gasteiger partial charge < -0.3 is 4.74 Å². The fourth-order valence-electron chi connectivity index (χ4n) is 1.01. The Balaban J connectivity index is 5.53. The predicted octanol–water partition coefficient (Wildman–Crippen LogP) is 5.48. The topological polar surface area (TPSA) is 9.23 Å². The van der Waals surface area contributed by atoms with Crippen molar-refractivity contribution in [3.63, 3.8) is 0 Å². The summed E-state index contributed by atoms with van der Waals surface area (Å²) in [5, 5.41) is 0. The highest BCUT2D eigenvalue weighted by Crippen LogP contribution is 2.50. The molecule has 150 valence electrons. The normalized spacial score (nSPS) is 16.4. The highest BCUT2D eigenvalue weighted by molar-refractivity contribution is 5.12. The van der Waals surface area contributed by atoms with E-state index in [1.165, 1.54) is 0 Å². The Morgan fingerprint density at radius 3 is 1.28 bits per heavy atom. The quantitative estimate of drug-likeness (QED) is 0.544. The molecule has 16 heteroatoms. The van der Waals surface area contributed by atoms with Crippen molar-refractivity contribution in [2.45, 2.75) is 36.2 Å². The zero-order valence-electron chi connectivity index (χ0n) is 10.9. The van der Waals surface area contributed by atoms with Crippen LogP contribution >= 0.6 is 0 Å². The van der Waals surface area contributed by atoms with Gasteiger partial charge in [0.2, 0.25) is 0 Å². The Labute approximate surface area is 127 Å². The van der Waals surface area contributed by atoms with Crippen LogP contribution in [-0.4, -0.2) is 42.8 Å². The summed E-state index contributed by atoms with van der Waals surface area (Å²) in [6, 6.07) is 0. The molecule has 0 aromatic heterocycles. The van der Waals surface area contributed by atoms with E-state index < -0.39 is 54.7 Å². The molecule has 0 aliphatic heterocycles. The standard InChI is InChI=1S/C9H3F15O/c10-3(4(11,12)5(13,14)7(16,17)18)1-2-25-6(15,8(19,20)21)9(22,23)24/h1H,2H2/b3-1-. The average molecular weight is 412 g/mol. The molecule has 0 amide bonds. The molecule has 25 heavy (non-hydrogen) atoms. The third-order valence-electron chi connectivity index (χ3n) is 2.32. The first kappa shape index (κ1) is 23.6. The minimum absolute atomic E-state index is 1.33. The van der Waals surface area contributed by atoms with Crippen molar-refractivity contribution in [1.29, 1.82) is 0 Å². The lowest BCUT2D eigenvalue weighted by atomic mass is 10.1. The Bertz CT molecular complexity index is 479. The first-order chi connectivity index (χ1) is 10.6. The van der Waals surface area contributed by atoms with E-state index in [0.29, 0.717) is 0 Å². The molecule has 0 aromatic carbocycles. The second-order valence-corrected chi connectivity index (χ2v) is 4.10.